The Kier molecular flexibility index (Phi) is 6.88. The number of anilines is 2. The Hall–Kier alpha value is -1.46. The highest BCUT2D eigenvalue weighted by molar-refractivity contribution is 6.36. The van der Waals surface area contributed by atoms with Crippen LogP contribution in [0.3, 0.4) is 0 Å². The van der Waals surface area contributed by atoms with E-state index in [1.165, 1.54) is 0 Å². The first-order chi connectivity index (χ1) is 13.0. The molecule has 1 aliphatic heterocycles. The van der Waals surface area contributed by atoms with Gasteiger partial charge in [0.25, 0.3) is 0 Å². The maximum Gasteiger partial charge on any atom is 0.228 e. The van der Waals surface area contributed by atoms with Crippen molar-refractivity contribution in [2.75, 3.05) is 42.9 Å². The lowest BCUT2D eigenvalue weighted by Crippen LogP contribution is -2.46. The molecule has 1 N–H and O–H groups in total. The number of likely N-dealkylation sites (N-methyl/N-ethyl adjacent to an activating group) is 1. The Morgan fingerprint density at radius 3 is 2.33 bits per heavy atom. The SMILES string of the molecule is CCN1CCN(c2ccc(Cl)cc2NC(=O)Cc2c(Cl)cccc2Cl)CC1. The van der Waals surface area contributed by atoms with Gasteiger partial charge in [0.2, 0.25) is 5.91 Å². The highest BCUT2D eigenvalue weighted by Crippen LogP contribution is 2.31. The van der Waals surface area contributed by atoms with Crippen LogP contribution in [0, 0.1) is 0 Å². The molecule has 3 rings (SSSR count). The fourth-order valence-corrected chi connectivity index (χ4v) is 3.95. The number of nitrogens with zero attached hydrogens (tertiary/aromatic N) is 2. The Morgan fingerprint density at radius 1 is 1.04 bits per heavy atom. The molecule has 0 spiro atoms. The fourth-order valence-electron chi connectivity index (χ4n) is 3.25. The van der Waals surface area contributed by atoms with Crippen LogP contribution >= 0.6 is 34.8 Å². The molecule has 0 bridgehead atoms. The highest BCUT2D eigenvalue weighted by Gasteiger charge is 2.20. The first kappa shape index (κ1) is 20.3. The number of rotatable bonds is 5. The van der Waals surface area contributed by atoms with Gasteiger partial charge in [-0.1, -0.05) is 47.8 Å². The predicted octanol–water partition coefficient (Wildman–Crippen LogP) is 4.97. The van der Waals surface area contributed by atoms with Crippen LogP contribution in [0.5, 0.6) is 0 Å². The maximum atomic E-state index is 12.6. The molecule has 27 heavy (non-hydrogen) atoms. The second-order valence-corrected chi connectivity index (χ2v) is 7.76. The molecular formula is C20H22Cl3N3O. The average molecular weight is 427 g/mol. The minimum absolute atomic E-state index is 0.105. The van der Waals surface area contributed by atoms with Crippen LogP contribution in [0.1, 0.15) is 12.5 Å². The molecule has 1 saturated heterocycles. The summed E-state index contributed by atoms with van der Waals surface area (Å²) in [7, 11) is 0. The molecular weight excluding hydrogens is 405 g/mol. The van der Waals surface area contributed by atoms with E-state index in [2.05, 4.69) is 22.0 Å². The molecule has 1 heterocycles. The van der Waals surface area contributed by atoms with E-state index in [-0.39, 0.29) is 12.3 Å². The van der Waals surface area contributed by atoms with Gasteiger partial charge in [0.1, 0.15) is 0 Å². The lowest BCUT2D eigenvalue weighted by molar-refractivity contribution is -0.115. The molecule has 0 atom stereocenters. The van der Waals surface area contributed by atoms with E-state index in [1.807, 2.05) is 12.1 Å². The normalized spacial score (nSPS) is 15.0. The lowest BCUT2D eigenvalue weighted by atomic mass is 10.1. The van der Waals surface area contributed by atoms with Crippen molar-refractivity contribution in [1.82, 2.24) is 4.90 Å². The van der Waals surface area contributed by atoms with E-state index in [0.29, 0.717) is 26.3 Å². The van der Waals surface area contributed by atoms with Gasteiger partial charge in [-0.15, -0.1) is 0 Å². The van der Waals surface area contributed by atoms with Gasteiger partial charge in [0, 0.05) is 41.2 Å². The van der Waals surface area contributed by atoms with Crippen LogP contribution in [-0.2, 0) is 11.2 Å². The van der Waals surface area contributed by atoms with Crippen LogP contribution in [0.2, 0.25) is 15.1 Å². The van der Waals surface area contributed by atoms with Crippen molar-refractivity contribution >= 4 is 52.1 Å². The molecule has 0 radical (unpaired) electrons. The fraction of sp³-hybridized carbons (Fsp3) is 0.350. The number of halogens is 3. The molecule has 2 aromatic rings. The minimum atomic E-state index is -0.180. The Morgan fingerprint density at radius 2 is 1.70 bits per heavy atom. The summed E-state index contributed by atoms with van der Waals surface area (Å²) in [4.78, 5) is 17.3. The molecule has 2 aromatic carbocycles. The van der Waals surface area contributed by atoms with Gasteiger partial charge >= 0.3 is 0 Å². The number of carbonyl (C=O) groups is 1. The van der Waals surface area contributed by atoms with E-state index in [1.54, 1.807) is 24.3 Å². The zero-order valence-corrected chi connectivity index (χ0v) is 17.4. The second kappa shape index (κ2) is 9.16. The zero-order valence-electron chi connectivity index (χ0n) is 15.1. The van der Waals surface area contributed by atoms with E-state index >= 15 is 0 Å². The summed E-state index contributed by atoms with van der Waals surface area (Å²) in [6.45, 7) is 7.05. The van der Waals surface area contributed by atoms with Gasteiger partial charge in [-0.3, -0.25) is 4.79 Å². The summed E-state index contributed by atoms with van der Waals surface area (Å²) < 4.78 is 0. The molecule has 1 amide bonds. The molecule has 1 fully saturated rings. The molecule has 7 heteroatoms. The quantitative estimate of drug-likeness (QED) is 0.733. The van der Waals surface area contributed by atoms with Gasteiger partial charge in [-0.2, -0.15) is 0 Å². The van der Waals surface area contributed by atoms with Crippen molar-refractivity contribution in [1.29, 1.82) is 0 Å². The number of amides is 1. The summed E-state index contributed by atoms with van der Waals surface area (Å²) in [6, 6.07) is 10.8. The molecule has 0 aliphatic carbocycles. The number of nitrogens with one attached hydrogen (secondary N) is 1. The van der Waals surface area contributed by atoms with Crippen molar-refractivity contribution in [3.8, 4) is 0 Å². The monoisotopic (exact) mass is 425 g/mol. The summed E-state index contributed by atoms with van der Waals surface area (Å²) in [6.07, 6.45) is 0.105. The van der Waals surface area contributed by atoms with Crippen LogP contribution in [0.15, 0.2) is 36.4 Å². The standard InChI is InChI=1S/C20H22Cl3N3O/c1-2-25-8-10-26(11-9-25)19-7-6-14(21)12-18(19)24-20(27)13-15-16(22)4-3-5-17(15)23/h3-7,12H,2,8-11,13H2,1H3,(H,24,27). The van der Waals surface area contributed by atoms with Crippen molar-refractivity contribution in [2.24, 2.45) is 0 Å². The van der Waals surface area contributed by atoms with Crippen LogP contribution in [0.25, 0.3) is 0 Å². The number of piperazine rings is 1. The van der Waals surface area contributed by atoms with Gasteiger partial charge in [0.15, 0.2) is 0 Å². The summed E-state index contributed by atoms with van der Waals surface area (Å²) in [5, 5.41) is 4.53. The third-order valence-electron chi connectivity index (χ3n) is 4.79. The molecule has 144 valence electrons. The van der Waals surface area contributed by atoms with Crippen LogP contribution < -0.4 is 10.2 Å². The van der Waals surface area contributed by atoms with Crippen molar-refractivity contribution in [3.05, 3.63) is 57.0 Å². The second-order valence-electron chi connectivity index (χ2n) is 6.51. The largest absolute Gasteiger partial charge is 0.367 e. The Labute approximate surface area is 175 Å². The summed E-state index contributed by atoms with van der Waals surface area (Å²) >= 11 is 18.5. The third-order valence-corrected chi connectivity index (χ3v) is 5.74. The van der Waals surface area contributed by atoms with E-state index in [0.717, 1.165) is 38.4 Å². The predicted molar refractivity (Wildman–Crippen MR) is 115 cm³/mol. The molecule has 4 nitrogen and oxygen atoms in total. The van der Waals surface area contributed by atoms with E-state index < -0.39 is 0 Å². The van der Waals surface area contributed by atoms with Crippen molar-refractivity contribution in [2.45, 2.75) is 13.3 Å². The molecule has 0 saturated carbocycles. The van der Waals surface area contributed by atoms with Crippen molar-refractivity contribution < 1.29 is 4.79 Å². The van der Waals surface area contributed by atoms with Gasteiger partial charge in [0.05, 0.1) is 17.8 Å². The smallest absolute Gasteiger partial charge is 0.228 e. The van der Waals surface area contributed by atoms with Crippen molar-refractivity contribution in [3.63, 3.8) is 0 Å². The summed E-state index contributed by atoms with van der Waals surface area (Å²) in [5.74, 6) is -0.180. The molecule has 0 unspecified atom stereocenters. The van der Waals surface area contributed by atoms with E-state index in [4.69, 9.17) is 34.8 Å². The minimum Gasteiger partial charge on any atom is -0.367 e. The maximum absolute atomic E-state index is 12.6. The van der Waals surface area contributed by atoms with E-state index in [9.17, 15) is 4.79 Å². The molecule has 1 aliphatic rings. The zero-order chi connectivity index (χ0) is 19.4. The lowest BCUT2D eigenvalue weighted by Gasteiger charge is -2.36. The van der Waals surface area contributed by atoms with Gasteiger partial charge < -0.3 is 15.1 Å². The first-order valence-corrected chi connectivity index (χ1v) is 10.1. The Bertz CT molecular complexity index is 800. The highest BCUT2D eigenvalue weighted by atomic mass is 35.5. The topological polar surface area (TPSA) is 35.6 Å². The number of carbonyl (C=O) groups excluding carboxylic acids is 1. The number of hydrogen-bond donors (Lipinski definition) is 1. The number of benzene rings is 2. The first-order valence-electron chi connectivity index (χ1n) is 8.97. The van der Waals surface area contributed by atoms with Gasteiger partial charge in [-0.25, -0.2) is 0 Å². The van der Waals surface area contributed by atoms with Crippen LogP contribution in [0.4, 0.5) is 11.4 Å². The number of hydrogen-bond acceptors (Lipinski definition) is 3. The average Bonchev–Trinajstić information content (AvgIpc) is 2.65. The van der Waals surface area contributed by atoms with Gasteiger partial charge in [-0.05, 0) is 42.4 Å². The Balaban J connectivity index is 1.76. The molecule has 0 aromatic heterocycles. The third kappa shape index (κ3) is 5.08. The van der Waals surface area contributed by atoms with Crippen LogP contribution in [-0.4, -0.2) is 43.5 Å². The summed E-state index contributed by atoms with van der Waals surface area (Å²) in [5.41, 5.74) is 2.31.